The minimum Gasteiger partial charge on any atom is -0.462 e. The van der Waals surface area contributed by atoms with E-state index in [4.69, 9.17) is 9.47 Å². The quantitative estimate of drug-likeness (QED) is 0.0373. The van der Waals surface area contributed by atoms with E-state index in [9.17, 15) is 14.7 Å². The molecule has 5 heteroatoms. The Morgan fingerprint density at radius 2 is 0.426 bits per heavy atom. The molecule has 0 fully saturated rings. The van der Waals surface area contributed by atoms with E-state index < -0.39 is 6.10 Å². The van der Waals surface area contributed by atoms with Gasteiger partial charge in [-0.15, -0.1) is 0 Å². The normalized spacial score (nSPS) is 12.7. The molecule has 0 rings (SSSR count). The van der Waals surface area contributed by atoms with Gasteiger partial charge >= 0.3 is 11.9 Å². The van der Waals surface area contributed by atoms with Crippen molar-refractivity contribution in [2.24, 2.45) is 0 Å². The van der Waals surface area contributed by atoms with Gasteiger partial charge < -0.3 is 14.6 Å². The maximum absolute atomic E-state index is 12.4. The number of carbonyl (C=O) groups excluding carboxylic acids is 2. The summed E-state index contributed by atoms with van der Waals surface area (Å²) in [5.41, 5.74) is 0. The maximum atomic E-state index is 12.4. The van der Waals surface area contributed by atoms with E-state index in [-0.39, 0.29) is 25.2 Å². The highest BCUT2D eigenvalue weighted by molar-refractivity contribution is 5.70. The predicted molar refractivity (Wildman–Crippen MR) is 417 cm³/mol. The highest BCUT2D eigenvalue weighted by Crippen LogP contribution is 2.20. The molecule has 0 aliphatic carbocycles. The van der Waals surface area contributed by atoms with E-state index in [2.05, 4.69) is 111 Å². The lowest BCUT2D eigenvalue weighted by Crippen LogP contribution is -2.28. The number of ether oxygens (including phenoxy) is 2. The summed E-state index contributed by atoms with van der Waals surface area (Å²) in [5.74, 6) is -0.565. The molecule has 0 amide bonds. The Hall–Kier alpha value is -3.18. The van der Waals surface area contributed by atoms with Crippen LogP contribution in [0.4, 0.5) is 0 Å². The third kappa shape index (κ3) is 81.2. The number of hydrogen-bond donors (Lipinski definition) is 1. The molecule has 0 radical (unpaired) electrons. The van der Waals surface area contributed by atoms with Gasteiger partial charge in [0.05, 0.1) is 6.61 Å². The highest BCUT2D eigenvalue weighted by atomic mass is 16.6. The standard InChI is InChI=1S/C89H160O5/c1-3-5-7-9-11-13-15-17-19-21-23-25-27-29-31-33-35-37-39-41-43-44-46-48-50-52-54-56-58-60-62-64-66-68-70-72-74-76-78-80-82-84-89(92)94-87(85-90)86-93-88(91)83-81-79-77-75-73-71-69-67-65-63-61-59-57-55-53-51-49-47-45-42-40-38-36-34-32-30-28-26-24-22-20-18-16-14-12-10-8-6-4-2/h5-8,11-14,17-20,23-26,87,90H,3-4,9-10,15-16,21-22,27-86H2,1-2H3/b7-5-,8-6-,13-11-,14-12-,19-17-,20-18-,25-23-,26-24-. The Kier molecular flexibility index (Phi) is 81.2. The van der Waals surface area contributed by atoms with Crippen LogP contribution in [0.5, 0.6) is 0 Å². The molecule has 1 atom stereocenters. The van der Waals surface area contributed by atoms with E-state index in [1.165, 1.54) is 321 Å². The van der Waals surface area contributed by atoms with Gasteiger partial charge in [-0.3, -0.25) is 9.59 Å². The fourth-order valence-electron chi connectivity index (χ4n) is 12.7. The maximum Gasteiger partial charge on any atom is 0.306 e. The number of esters is 2. The lowest BCUT2D eigenvalue weighted by atomic mass is 10.0. The van der Waals surface area contributed by atoms with E-state index >= 15 is 0 Å². The van der Waals surface area contributed by atoms with Crippen LogP contribution in [0.2, 0.25) is 0 Å². The van der Waals surface area contributed by atoms with Gasteiger partial charge in [0, 0.05) is 12.8 Å². The number of rotatable bonds is 78. The minimum atomic E-state index is -0.773. The molecule has 0 heterocycles. The predicted octanol–water partition coefficient (Wildman–Crippen LogP) is 29.7. The molecule has 94 heavy (non-hydrogen) atoms. The Labute approximate surface area is 587 Å². The van der Waals surface area contributed by atoms with Crippen molar-refractivity contribution >= 4 is 11.9 Å². The summed E-state index contributed by atoms with van der Waals surface area (Å²) < 4.78 is 10.8. The van der Waals surface area contributed by atoms with Crippen molar-refractivity contribution in [3.05, 3.63) is 97.2 Å². The van der Waals surface area contributed by atoms with Crippen LogP contribution in [0.25, 0.3) is 0 Å². The molecule has 0 saturated heterocycles. The molecule has 0 aromatic heterocycles. The number of hydrogen-bond acceptors (Lipinski definition) is 5. The van der Waals surface area contributed by atoms with Gasteiger partial charge in [-0.2, -0.15) is 0 Å². The summed E-state index contributed by atoms with van der Waals surface area (Å²) in [6.07, 6.45) is 121. The fourth-order valence-corrected chi connectivity index (χ4v) is 12.7. The highest BCUT2D eigenvalue weighted by Gasteiger charge is 2.16. The molecule has 5 nitrogen and oxygen atoms in total. The molecule has 0 aliphatic rings. The number of aliphatic hydroxyl groups excluding tert-OH is 1. The second-order valence-corrected chi connectivity index (χ2v) is 28.1. The van der Waals surface area contributed by atoms with E-state index in [0.717, 1.165) is 89.9 Å². The van der Waals surface area contributed by atoms with Crippen LogP contribution in [0.15, 0.2) is 97.2 Å². The average Bonchev–Trinajstić information content (AvgIpc) is 3.77. The first kappa shape index (κ1) is 90.8. The molecule has 546 valence electrons. The second-order valence-electron chi connectivity index (χ2n) is 28.1. The van der Waals surface area contributed by atoms with Crippen molar-refractivity contribution in [3.8, 4) is 0 Å². The van der Waals surface area contributed by atoms with Crippen molar-refractivity contribution in [2.75, 3.05) is 13.2 Å². The van der Waals surface area contributed by atoms with Gasteiger partial charge in [0.2, 0.25) is 0 Å². The molecule has 1 unspecified atom stereocenters. The molecular weight excluding hydrogens is 1150 g/mol. The van der Waals surface area contributed by atoms with E-state index in [0.29, 0.717) is 12.8 Å². The van der Waals surface area contributed by atoms with Gasteiger partial charge in [0.15, 0.2) is 6.10 Å². The zero-order chi connectivity index (χ0) is 67.5. The van der Waals surface area contributed by atoms with Crippen LogP contribution >= 0.6 is 0 Å². The molecule has 1 N–H and O–H groups in total. The van der Waals surface area contributed by atoms with Crippen LogP contribution < -0.4 is 0 Å². The van der Waals surface area contributed by atoms with Gasteiger partial charge in [0.1, 0.15) is 6.61 Å². The Morgan fingerprint density at radius 3 is 0.638 bits per heavy atom. The van der Waals surface area contributed by atoms with Gasteiger partial charge in [-0.1, -0.05) is 432 Å². The molecule has 0 bridgehead atoms. The largest absolute Gasteiger partial charge is 0.462 e. The molecule has 0 aromatic rings. The van der Waals surface area contributed by atoms with Crippen molar-refractivity contribution in [1.82, 2.24) is 0 Å². The van der Waals surface area contributed by atoms with Crippen molar-refractivity contribution in [1.29, 1.82) is 0 Å². The monoisotopic (exact) mass is 1310 g/mol. The first-order chi connectivity index (χ1) is 46.6. The fraction of sp³-hybridized carbons (Fsp3) is 0.798. The third-order valence-electron chi connectivity index (χ3n) is 18.9. The van der Waals surface area contributed by atoms with Gasteiger partial charge in [-0.05, 0) is 89.9 Å². The molecular formula is C89H160O5. The average molecular weight is 1310 g/mol. The van der Waals surface area contributed by atoms with Crippen LogP contribution in [-0.4, -0.2) is 36.4 Å². The third-order valence-corrected chi connectivity index (χ3v) is 18.9. The summed E-state index contributed by atoms with van der Waals surface area (Å²) in [4.78, 5) is 24.7. The summed E-state index contributed by atoms with van der Waals surface area (Å²) in [6.45, 7) is 3.97. The first-order valence-electron chi connectivity index (χ1n) is 41.8. The number of aliphatic hydroxyl groups is 1. The summed E-state index contributed by atoms with van der Waals surface area (Å²) in [7, 11) is 0. The smallest absolute Gasteiger partial charge is 0.306 e. The van der Waals surface area contributed by atoms with E-state index in [1.54, 1.807) is 0 Å². The van der Waals surface area contributed by atoms with Crippen LogP contribution in [-0.2, 0) is 19.1 Å². The van der Waals surface area contributed by atoms with Crippen molar-refractivity contribution in [2.45, 2.75) is 444 Å². The zero-order valence-corrected chi connectivity index (χ0v) is 63.0. The lowest BCUT2D eigenvalue weighted by molar-refractivity contribution is -0.161. The number of allylic oxidation sites excluding steroid dienone is 16. The van der Waals surface area contributed by atoms with E-state index in [1.807, 2.05) is 0 Å². The second kappa shape index (κ2) is 84.0. The molecule has 0 aromatic carbocycles. The van der Waals surface area contributed by atoms with Crippen molar-refractivity contribution in [3.63, 3.8) is 0 Å². The minimum absolute atomic E-state index is 0.0605. The Bertz CT molecular complexity index is 1730. The number of carbonyl (C=O) groups is 2. The molecule has 0 saturated carbocycles. The van der Waals surface area contributed by atoms with Gasteiger partial charge in [-0.25, -0.2) is 0 Å². The van der Waals surface area contributed by atoms with Crippen LogP contribution in [0, 0.1) is 0 Å². The summed E-state index contributed by atoms with van der Waals surface area (Å²) in [5, 5.41) is 9.74. The number of unbranched alkanes of at least 4 members (excludes halogenated alkanes) is 54. The summed E-state index contributed by atoms with van der Waals surface area (Å²) >= 11 is 0. The first-order valence-corrected chi connectivity index (χ1v) is 41.8. The molecule has 0 spiro atoms. The molecule has 0 aliphatic heterocycles. The van der Waals surface area contributed by atoms with Crippen molar-refractivity contribution < 1.29 is 24.2 Å². The van der Waals surface area contributed by atoms with Gasteiger partial charge in [0.25, 0.3) is 0 Å². The topological polar surface area (TPSA) is 72.8 Å². The summed E-state index contributed by atoms with van der Waals surface area (Å²) in [6, 6.07) is 0. The van der Waals surface area contributed by atoms with Crippen LogP contribution in [0.3, 0.4) is 0 Å². The van der Waals surface area contributed by atoms with Crippen LogP contribution in [0.1, 0.15) is 438 Å². The Balaban J connectivity index is 3.36. The lowest BCUT2D eigenvalue weighted by Gasteiger charge is -2.15. The SMILES string of the molecule is CC/C=C\C/C=C\C/C=C\C/C=C\CCCCCCCCCCCCCCCCCCCCCCCCCCCCCCC(=O)OC(CO)COC(=O)CCCCCCCCCCCCCCCCCCCCCCCCCCCC/C=C\C/C=C\C/C=C\C/C=C\CC. The Morgan fingerprint density at radius 1 is 0.245 bits per heavy atom. The zero-order valence-electron chi connectivity index (χ0n) is 63.0.